The van der Waals surface area contributed by atoms with E-state index in [0.29, 0.717) is 34.6 Å². The van der Waals surface area contributed by atoms with Crippen molar-refractivity contribution in [2.24, 2.45) is 0 Å². The number of hydrogen-bond donors (Lipinski definition) is 2. The zero-order chi connectivity index (χ0) is 18.4. The molecule has 1 amide bonds. The maximum absolute atomic E-state index is 12.0. The van der Waals surface area contributed by atoms with Crippen molar-refractivity contribution < 1.29 is 14.3 Å². The standard InChI is InChI=1S/C18H18N4O3S/c1-24-13-6-5-12(10-14(13)25-2)11-19-16-7-8-17(22-21-16)20-18(23)15-4-3-9-26-15/h3-10H,11H2,1-2H3,(H,19,21)(H,20,22,23). The molecule has 0 saturated carbocycles. The van der Waals surface area contributed by atoms with Crippen LogP contribution >= 0.6 is 11.3 Å². The van der Waals surface area contributed by atoms with Gasteiger partial charge in [0.1, 0.15) is 5.82 Å². The summed E-state index contributed by atoms with van der Waals surface area (Å²) in [6, 6.07) is 12.7. The van der Waals surface area contributed by atoms with Gasteiger partial charge >= 0.3 is 0 Å². The van der Waals surface area contributed by atoms with Crippen LogP contribution in [0.15, 0.2) is 47.8 Å². The third kappa shape index (κ3) is 4.28. The second-order valence-electron chi connectivity index (χ2n) is 5.28. The molecule has 0 spiro atoms. The zero-order valence-corrected chi connectivity index (χ0v) is 15.2. The summed E-state index contributed by atoms with van der Waals surface area (Å²) in [5, 5.41) is 15.8. The van der Waals surface area contributed by atoms with E-state index in [1.807, 2.05) is 29.6 Å². The molecule has 0 unspecified atom stereocenters. The molecule has 3 rings (SSSR count). The molecule has 7 nitrogen and oxygen atoms in total. The van der Waals surface area contributed by atoms with Crippen molar-refractivity contribution in [2.45, 2.75) is 6.54 Å². The Balaban J connectivity index is 1.58. The Kier molecular flexibility index (Phi) is 5.65. The Morgan fingerprint density at radius 3 is 2.46 bits per heavy atom. The fraction of sp³-hybridized carbons (Fsp3) is 0.167. The summed E-state index contributed by atoms with van der Waals surface area (Å²) in [6.45, 7) is 0.552. The molecule has 0 saturated heterocycles. The van der Waals surface area contributed by atoms with Gasteiger partial charge in [0.15, 0.2) is 17.3 Å². The molecule has 0 bridgehead atoms. The van der Waals surface area contributed by atoms with Crippen molar-refractivity contribution in [3.05, 3.63) is 58.3 Å². The predicted molar refractivity (Wildman–Crippen MR) is 101 cm³/mol. The number of ether oxygens (including phenoxy) is 2. The molecule has 0 radical (unpaired) electrons. The number of benzene rings is 1. The third-order valence-electron chi connectivity index (χ3n) is 3.57. The van der Waals surface area contributed by atoms with Gasteiger partial charge in [-0.05, 0) is 41.3 Å². The van der Waals surface area contributed by atoms with Crippen LogP contribution in [0.3, 0.4) is 0 Å². The van der Waals surface area contributed by atoms with E-state index in [4.69, 9.17) is 9.47 Å². The topological polar surface area (TPSA) is 85.4 Å². The largest absolute Gasteiger partial charge is 0.493 e. The van der Waals surface area contributed by atoms with Gasteiger partial charge in [-0.1, -0.05) is 12.1 Å². The van der Waals surface area contributed by atoms with Crippen molar-refractivity contribution in [1.82, 2.24) is 10.2 Å². The molecule has 2 N–H and O–H groups in total. The highest BCUT2D eigenvalue weighted by atomic mass is 32.1. The Morgan fingerprint density at radius 2 is 1.81 bits per heavy atom. The number of nitrogens with zero attached hydrogens (tertiary/aromatic N) is 2. The van der Waals surface area contributed by atoms with Crippen molar-refractivity contribution in [3.63, 3.8) is 0 Å². The van der Waals surface area contributed by atoms with Crippen LogP contribution in [0.25, 0.3) is 0 Å². The number of nitrogens with one attached hydrogen (secondary N) is 2. The predicted octanol–water partition coefficient (Wildman–Crippen LogP) is 3.42. The number of hydrogen-bond acceptors (Lipinski definition) is 7. The van der Waals surface area contributed by atoms with Gasteiger partial charge in [0.25, 0.3) is 5.91 Å². The second-order valence-corrected chi connectivity index (χ2v) is 6.23. The van der Waals surface area contributed by atoms with Crippen LogP contribution < -0.4 is 20.1 Å². The molecule has 0 aliphatic heterocycles. The summed E-state index contributed by atoms with van der Waals surface area (Å²) in [4.78, 5) is 12.6. The summed E-state index contributed by atoms with van der Waals surface area (Å²) >= 11 is 1.37. The van der Waals surface area contributed by atoms with E-state index in [0.717, 1.165) is 5.56 Å². The third-order valence-corrected chi connectivity index (χ3v) is 4.44. The summed E-state index contributed by atoms with van der Waals surface area (Å²) in [5.74, 6) is 2.17. The first kappa shape index (κ1) is 17.7. The molecule has 134 valence electrons. The maximum atomic E-state index is 12.0. The Hall–Kier alpha value is -3.13. The summed E-state index contributed by atoms with van der Waals surface area (Å²) in [5.41, 5.74) is 1.01. The van der Waals surface area contributed by atoms with E-state index in [1.165, 1.54) is 11.3 Å². The first-order valence-electron chi connectivity index (χ1n) is 7.83. The van der Waals surface area contributed by atoms with E-state index >= 15 is 0 Å². The molecule has 3 aromatic rings. The average molecular weight is 370 g/mol. The van der Waals surface area contributed by atoms with Crippen molar-refractivity contribution in [1.29, 1.82) is 0 Å². The SMILES string of the molecule is COc1ccc(CNc2ccc(NC(=O)c3cccs3)nn2)cc1OC. The van der Waals surface area contributed by atoms with E-state index in [9.17, 15) is 4.79 Å². The minimum absolute atomic E-state index is 0.194. The quantitative estimate of drug-likeness (QED) is 0.663. The monoisotopic (exact) mass is 370 g/mol. The van der Waals surface area contributed by atoms with E-state index in [1.54, 1.807) is 32.4 Å². The minimum atomic E-state index is -0.194. The van der Waals surface area contributed by atoms with Crippen LogP contribution in [0.4, 0.5) is 11.6 Å². The van der Waals surface area contributed by atoms with Gasteiger partial charge in [0.05, 0.1) is 19.1 Å². The molecule has 2 heterocycles. The van der Waals surface area contributed by atoms with Gasteiger partial charge in [0.2, 0.25) is 0 Å². The van der Waals surface area contributed by atoms with Gasteiger partial charge in [-0.2, -0.15) is 0 Å². The van der Waals surface area contributed by atoms with Crippen LogP contribution in [0.2, 0.25) is 0 Å². The van der Waals surface area contributed by atoms with Crippen LogP contribution in [-0.2, 0) is 6.54 Å². The fourth-order valence-electron chi connectivity index (χ4n) is 2.26. The highest BCUT2D eigenvalue weighted by molar-refractivity contribution is 7.12. The van der Waals surface area contributed by atoms with E-state index in [2.05, 4.69) is 20.8 Å². The van der Waals surface area contributed by atoms with Crippen molar-refractivity contribution in [2.75, 3.05) is 24.9 Å². The van der Waals surface area contributed by atoms with Crippen LogP contribution in [0, 0.1) is 0 Å². The number of methoxy groups -OCH3 is 2. The first-order chi connectivity index (χ1) is 12.7. The van der Waals surface area contributed by atoms with Crippen LogP contribution in [0.1, 0.15) is 15.2 Å². The highest BCUT2D eigenvalue weighted by Crippen LogP contribution is 2.27. The van der Waals surface area contributed by atoms with Gasteiger partial charge in [-0.25, -0.2) is 0 Å². The zero-order valence-electron chi connectivity index (χ0n) is 14.4. The average Bonchev–Trinajstić information content (AvgIpc) is 3.22. The molecule has 26 heavy (non-hydrogen) atoms. The molecule has 0 atom stereocenters. The lowest BCUT2D eigenvalue weighted by Crippen LogP contribution is -2.12. The number of carbonyl (C=O) groups is 1. The van der Waals surface area contributed by atoms with E-state index < -0.39 is 0 Å². The summed E-state index contributed by atoms with van der Waals surface area (Å²) in [7, 11) is 3.20. The number of thiophene rings is 1. The second kappa shape index (κ2) is 8.30. The Bertz CT molecular complexity index is 867. The summed E-state index contributed by atoms with van der Waals surface area (Å²) < 4.78 is 10.5. The number of carbonyl (C=O) groups excluding carboxylic acids is 1. The molecule has 0 fully saturated rings. The summed E-state index contributed by atoms with van der Waals surface area (Å²) in [6.07, 6.45) is 0. The number of rotatable bonds is 7. The van der Waals surface area contributed by atoms with Gasteiger partial charge in [-0.3, -0.25) is 4.79 Å². The molecule has 1 aromatic carbocycles. The molecule has 0 aliphatic carbocycles. The van der Waals surface area contributed by atoms with E-state index in [-0.39, 0.29) is 5.91 Å². The lowest BCUT2D eigenvalue weighted by molar-refractivity contribution is 0.103. The van der Waals surface area contributed by atoms with Gasteiger partial charge in [-0.15, -0.1) is 21.5 Å². The molecule has 0 aliphatic rings. The molecule has 2 aromatic heterocycles. The first-order valence-corrected chi connectivity index (χ1v) is 8.71. The molecular weight excluding hydrogens is 352 g/mol. The minimum Gasteiger partial charge on any atom is -0.493 e. The number of aromatic nitrogens is 2. The maximum Gasteiger partial charge on any atom is 0.266 e. The number of amides is 1. The van der Waals surface area contributed by atoms with Crippen molar-refractivity contribution >= 4 is 28.9 Å². The van der Waals surface area contributed by atoms with Crippen LogP contribution in [-0.4, -0.2) is 30.3 Å². The normalized spacial score (nSPS) is 10.2. The Labute approximate surface area is 155 Å². The van der Waals surface area contributed by atoms with Gasteiger partial charge in [0, 0.05) is 6.54 Å². The molecular formula is C18H18N4O3S. The fourth-order valence-corrected chi connectivity index (χ4v) is 2.88. The van der Waals surface area contributed by atoms with Crippen molar-refractivity contribution in [3.8, 4) is 11.5 Å². The lowest BCUT2D eigenvalue weighted by atomic mass is 10.2. The number of anilines is 2. The smallest absolute Gasteiger partial charge is 0.266 e. The Morgan fingerprint density at radius 1 is 1.04 bits per heavy atom. The van der Waals surface area contributed by atoms with Crippen LogP contribution in [0.5, 0.6) is 11.5 Å². The highest BCUT2D eigenvalue weighted by Gasteiger charge is 2.08. The van der Waals surface area contributed by atoms with Gasteiger partial charge < -0.3 is 20.1 Å². The molecule has 8 heteroatoms. The lowest BCUT2D eigenvalue weighted by Gasteiger charge is -2.10.